The number of rotatable bonds is 2. The summed E-state index contributed by atoms with van der Waals surface area (Å²) < 4.78 is 0. The van der Waals surface area contributed by atoms with Crippen molar-refractivity contribution < 1.29 is 9.90 Å². The van der Waals surface area contributed by atoms with Crippen molar-refractivity contribution in [1.82, 2.24) is 0 Å². The molecule has 0 saturated carbocycles. The third-order valence-corrected chi connectivity index (χ3v) is 3.51. The van der Waals surface area contributed by atoms with Crippen molar-refractivity contribution in [3.05, 3.63) is 24.3 Å². The second kappa shape index (κ2) is 4.23. The van der Waals surface area contributed by atoms with E-state index >= 15 is 0 Å². The lowest BCUT2D eigenvalue weighted by Crippen LogP contribution is -2.24. The normalized spacial score (nSPS) is 21.0. The molecule has 1 unspecified atom stereocenters. The zero-order chi connectivity index (χ0) is 10.8. The van der Waals surface area contributed by atoms with E-state index in [2.05, 4.69) is 15.9 Å². The lowest BCUT2D eigenvalue weighted by atomic mass is 10.2. The SMILES string of the molecule is O=C1CC(CBr)CN1c1ccccc1O. The van der Waals surface area contributed by atoms with Gasteiger partial charge in [-0.1, -0.05) is 28.1 Å². The smallest absolute Gasteiger partial charge is 0.227 e. The van der Waals surface area contributed by atoms with Gasteiger partial charge in [-0.15, -0.1) is 0 Å². The molecular weight excluding hydrogens is 258 g/mol. The minimum atomic E-state index is 0.0842. The van der Waals surface area contributed by atoms with Gasteiger partial charge in [0.05, 0.1) is 5.69 Å². The first-order valence-electron chi connectivity index (χ1n) is 4.86. The molecule has 3 nitrogen and oxygen atoms in total. The summed E-state index contributed by atoms with van der Waals surface area (Å²) in [5.74, 6) is 0.596. The molecule has 4 heteroatoms. The van der Waals surface area contributed by atoms with Gasteiger partial charge < -0.3 is 10.0 Å². The van der Waals surface area contributed by atoms with E-state index < -0.39 is 0 Å². The third-order valence-electron chi connectivity index (χ3n) is 2.60. The van der Waals surface area contributed by atoms with Gasteiger partial charge in [-0.2, -0.15) is 0 Å². The Bertz CT molecular complexity index is 381. The van der Waals surface area contributed by atoms with Crippen molar-refractivity contribution in [2.75, 3.05) is 16.8 Å². The van der Waals surface area contributed by atoms with Crippen LogP contribution in [0.5, 0.6) is 5.75 Å². The fraction of sp³-hybridized carbons (Fsp3) is 0.364. The number of carbonyl (C=O) groups excluding carboxylic acids is 1. The van der Waals surface area contributed by atoms with Crippen molar-refractivity contribution in [3.8, 4) is 5.75 Å². The summed E-state index contributed by atoms with van der Waals surface area (Å²) in [6.07, 6.45) is 0.555. The number of alkyl halides is 1. The van der Waals surface area contributed by atoms with Crippen molar-refractivity contribution in [2.24, 2.45) is 5.92 Å². The van der Waals surface area contributed by atoms with Crippen LogP contribution in [-0.4, -0.2) is 22.9 Å². The largest absolute Gasteiger partial charge is 0.506 e. The van der Waals surface area contributed by atoms with Gasteiger partial charge in [-0.25, -0.2) is 0 Å². The molecule has 0 bridgehead atoms. The number of halogens is 1. The monoisotopic (exact) mass is 269 g/mol. The van der Waals surface area contributed by atoms with Gasteiger partial charge in [0.15, 0.2) is 0 Å². The van der Waals surface area contributed by atoms with Gasteiger partial charge in [-0.05, 0) is 18.1 Å². The third kappa shape index (κ3) is 2.00. The van der Waals surface area contributed by atoms with E-state index in [0.29, 0.717) is 24.6 Å². The van der Waals surface area contributed by atoms with Crippen LogP contribution in [0.4, 0.5) is 5.69 Å². The van der Waals surface area contributed by atoms with Crippen molar-refractivity contribution in [1.29, 1.82) is 0 Å². The van der Waals surface area contributed by atoms with E-state index in [1.54, 1.807) is 23.1 Å². The van der Waals surface area contributed by atoms with Crippen LogP contribution < -0.4 is 4.90 Å². The van der Waals surface area contributed by atoms with E-state index in [0.717, 1.165) is 5.33 Å². The van der Waals surface area contributed by atoms with Gasteiger partial charge in [0.1, 0.15) is 5.75 Å². The van der Waals surface area contributed by atoms with E-state index in [1.165, 1.54) is 0 Å². The Morgan fingerprint density at radius 3 is 2.80 bits per heavy atom. The van der Waals surface area contributed by atoms with Gasteiger partial charge in [0, 0.05) is 18.3 Å². The first kappa shape index (κ1) is 10.5. The van der Waals surface area contributed by atoms with E-state index in [4.69, 9.17) is 0 Å². The van der Waals surface area contributed by atoms with Crippen LogP contribution in [0.3, 0.4) is 0 Å². The molecule has 0 radical (unpaired) electrons. The number of para-hydroxylation sites is 2. The molecule has 1 saturated heterocycles. The molecule has 0 aromatic heterocycles. The minimum Gasteiger partial charge on any atom is -0.506 e. The van der Waals surface area contributed by atoms with Gasteiger partial charge >= 0.3 is 0 Å². The van der Waals surface area contributed by atoms with Crippen molar-refractivity contribution in [2.45, 2.75) is 6.42 Å². The molecule has 1 aromatic rings. The first-order chi connectivity index (χ1) is 7.22. The second-order valence-corrected chi connectivity index (χ2v) is 4.36. The Kier molecular flexibility index (Phi) is 2.95. The summed E-state index contributed by atoms with van der Waals surface area (Å²) in [7, 11) is 0. The van der Waals surface area contributed by atoms with Crippen molar-refractivity contribution in [3.63, 3.8) is 0 Å². The summed E-state index contributed by atoms with van der Waals surface area (Å²) >= 11 is 3.38. The zero-order valence-corrected chi connectivity index (χ0v) is 9.77. The number of carbonyl (C=O) groups is 1. The highest BCUT2D eigenvalue weighted by atomic mass is 79.9. The number of anilines is 1. The molecule has 1 amide bonds. The Morgan fingerprint density at radius 1 is 1.47 bits per heavy atom. The zero-order valence-electron chi connectivity index (χ0n) is 8.19. The maximum atomic E-state index is 11.7. The highest BCUT2D eigenvalue weighted by molar-refractivity contribution is 9.09. The topological polar surface area (TPSA) is 40.5 Å². The minimum absolute atomic E-state index is 0.0842. The van der Waals surface area contributed by atoms with Crippen LogP contribution >= 0.6 is 15.9 Å². The lowest BCUT2D eigenvalue weighted by Gasteiger charge is -2.17. The average molecular weight is 270 g/mol. The van der Waals surface area contributed by atoms with Gasteiger partial charge in [0.2, 0.25) is 5.91 Å². The number of phenols is 1. The van der Waals surface area contributed by atoms with E-state index in [-0.39, 0.29) is 11.7 Å². The van der Waals surface area contributed by atoms with Crippen LogP contribution in [-0.2, 0) is 4.79 Å². The Labute approximate surface area is 96.8 Å². The molecule has 1 aromatic carbocycles. The molecular formula is C11H12BrNO2. The summed E-state index contributed by atoms with van der Waals surface area (Å²) in [4.78, 5) is 13.3. The average Bonchev–Trinajstić information content (AvgIpc) is 2.60. The maximum absolute atomic E-state index is 11.7. The van der Waals surface area contributed by atoms with Crippen LogP contribution in [0, 0.1) is 5.92 Å². The van der Waals surface area contributed by atoms with E-state index in [9.17, 15) is 9.90 Å². The summed E-state index contributed by atoms with van der Waals surface area (Å²) in [5, 5.41) is 10.5. The van der Waals surface area contributed by atoms with E-state index in [1.807, 2.05) is 6.07 Å². The maximum Gasteiger partial charge on any atom is 0.227 e. The van der Waals surface area contributed by atoms with Gasteiger partial charge in [-0.3, -0.25) is 4.79 Å². The number of nitrogens with zero attached hydrogens (tertiary/aromatic N) is 1. The highest BCUT2D eigenvalue weighted by Crippen LogP contribution is 2.32. The molecule has 0 spiro atoms. The standard InChI is InChI=1S/C11H12BrNO2/c12-6-8-5-11(15)13(7-8)9-3-1-2-4-10(9)14/h1-4,8,14H,5-7H2. The molecule has 1 heterocycles. The predicted molar refractivity (Wildman–Crippen MR) is 62.4 cm³/mol. The van der Waals surface area contributed by atoms with Crippen LogP contribution in [0.1, 0.15) is 6.42 Å². The molecule has 1 aliphatic rings. The van der Waals surface area contributed by atoms with Crippen LogP contribution in [0.2, 0.25) is 0 Å². The summed E-state index contributed by atoms with van der Waals surface area (Å²) in [5.41, 5.74) is 0.617. The molecule has 80 valence electrons. The quantitative estimate of drug-likeness (QED) is 0.836. The molecule has 1 aliphatic heterocycles. The van der Waals surface area contributed by atoms with Crippen molar-refractivity contribution >= 4 is 27.5 Å². The number of hydrogen-bond acceptors (Lipinski definition) is 2. The number of benzene rings is 1. The number of aromatic hydroxyl groups is 1. The molecule has 0 aliphatic carbocycles. The van der Waals surface area contributed by atoms with Crippen LogP contribution in [0.15, 0.2) is 24.3 Å². The van der Waals surface area contributed by atoms with Gasteiger partial charge in [0.25, 0.3) is 0 Å². The predicted octanol–water partition coefficient (Wildman–Crippen LogP) is 2.14. The Hall–Kier alpha value is -1.03. The number of hydrogen-bond donors (Lipinski definition) is 1. The molecule has 1 N–H and O–H groups in total. The fourth-order valence-electron chi connectivity index (χ4n) is 1.81. The summed E-state index contributed by atoms with van der Waals surface area (Å²) in [6, 6.07) is 6.94. The highest BCUT2D eigenvalue weighted by Gasteiger charge is 2.30. The molecule has 1 atom stereocenters. The second-order valence-electron chi connectivity index (χ2n) is 3.72. The number of phenolic OH excluding ortho intramolecular Hbond substituents is 1. The number of amides is 1. The summed E-state index contributed by atoms with van der Waals surface area (Å²) in [6.45, 7) is 0.682. The fourth-order valence-corrected chi connectivity index (χ4v) is 2.24. The van der Waals surface area contributed by atoms with Crippen LogP contribution in [0.25, 0.3) is 0 Å². The molecule has 15 heavy (non-hydrogen) atoms. The lowest BCUT2D eigenvalue weighted by molar-refractivity contribution is -0.117. The Balaban J connectivity index is 2.25. The molecule has 1 fully saturated rings. The Morgan fingerprint density at radius 2 is 2.20 bits per heavy atom. The molecule has 2 rings (SSSR count). The first-order valence-corrected chi connectivity index (χ1v) is 5.99.